The smallest absolute Gasteiger partial charge is 0.191 e. The molecule has 1 aromatic carbocycles. The quantitative estimate of drug-likeness (QED) is 0.515. The third kappa shape index (κ3) is 5.11. The third-order valence-electron chi connectivity index (χ3n) is 4.82. The van der Waals surface area contributed by atoms with Gasteiger partial charge in [-0.2, -0.15) is 0 Å². The lowest BCUT2D eigenvalue weighted by Crippen LogP contribution is -2.41. The maximum atomic E-state index is 10.6. The van der Waals surface area contributed by atoms with Crippen LogP contribution in [0.5, 0.6) is 0 Å². The van der Waals surface area contributed by atoms with Gasteiger partial charge in [-0.1, -0.05) is 30.3 Å². The lowest BCUT2D eigenvalue weighted by molar-refractivity contribution is 0.0436. The second-order valence-corrected chi connectivity index (χ2v) is 7.08. The van der Waals surface area contributed by atoms with Crippen molar-refractivity contribution in [2.24, 2.45) is 10.9 Å². The van der Waals surface area contributed by atoms with Crippen LogP contribution in [0, 0.1) is 5.92 Å². The maximum absolute atomic E-state index is 10.6. The van der Waals surface area contributed by atoms with Crippen LogP contribution >= 0.6 is 0 Å². The van der Waals surface area contributed by atoms with Crippen molar-refractivity contribution in [2.45, 2.75) is 32.0 Å². The highest BCUT2D eigenvalue weighted by molar-refractivity contribution is 5.79. The largest absolute Gasteiger partial charge is 0.466 e. The molecule has 3 unspecified atom stereocenters. The topological polar surface area (TPSA) is 79.0 Å². The van der Waals surface area contributed by atoms with Crippen molar-refractivity contribution in [3.63, 3.8) is 0 Å². The zero-order chi connectivity index (χ0) is 19.1. The van der Waals surface area contributed by atoms with Crippen molar-refractivity contribution in [1.29, 1.82) is 0 Å². The summed E-state index contributed by atoms with van der Waals surface area (Å²) in [6.45, 7) is 6.21. The van der Waals surface area contributed by atoms with Crippen LogP contribution in [0.1, 0.15) is 37.7 Å². The van der Waals surface area contributed by atoms with Gasteiger partial charge in [-0.25, -0.2) is 4.99 Å². The molecule has 1 fully saturated rings. The number of furan rings is 1. The van der Waals surface area contributed by atoms with Gasteiger partial charge in [0.15, 0.2) is 5.96 Å². The molecule has 3 N–H and O–H groups in total. The number of nitrogens with one attached hydrogen (secondary N) is 2. The summed E-state index contributed by atoms with van der Waals surface area (Å²) >= 11 is 0. The van der Waals surface area contributed by atoms with E-state index in [0.29, 0.717) is 17.6 Å². The first-order valence-corrected chi connectivity index (χ1v) is 9.55. The van der Waals surface area contributed by atoms with Gasteiger partial charge in [0.05, 0.1) is 18.9 Å². The molecule has 3 rings (SSSR count). The highest BCUT2D eigenvalue weighted by Crippen LogP contribution is 2.33. The molecule has 0 aliphatic carbocycles. The van der Waals surface area contributed by atoms with E-state index in [4.69, 9.17) is 9.15 Å². The van der Waals surface area contributed by atoms with Crippen molar-refractivity contribution in [1.82, 2.24) is 10.6 Å². The number of ether oxygens (including phenoxy) is 1. The van der Waals surface area contributed by atoms with E-state index in [1.54, 1.807) is 25.3 Å². The van der Waals surface area contributed by atoms with E-state index in [1.807, 2.05) is 25.1 Å². The first-order chi connectivity index (χ1) is 13.1. The Morgan fingerprint density at radius 1 is 1.22 bits per heavy atom. The highest BCUT2D eigenvalue weighted by Gasteiger charge is 2.30. The molecule has 1 aliphatic rings. The average Bonchev–Trinajstić information content (AvgIpc) is 3.37. The van der Waals surface area contributed by atoms with Crippen LogP contribution in [-0.2, 0) is 10.3 Å². The minimum absolute atomic E-state index is 0.104. The van der Waals surface area contributed by atoms with Crippen LogP contribution in [0.15, 0.2) is 58.1 Å². The Morgan fingerprint density at radius 3 is 2.74 bits per heavy atom. The van der Waals surface area contributed by atoms with Crippen LogP contribution in [0.4, 0.5) is 0 Å². The second-order valence-electron chi connectivity index (χ2n) is 7.08. The Balaban J connectivity index is 1.61. The molecule has 27 heavy (non-hydrogen) atoms. The van der Waals surface area contributed by atoms with Gasteiger partial charge in [0.1, 0.15) is 11.4 Å². The number of nitrogens with zero attached hydrogens (tertiary/aromatic N) is 1. The minimum Gasteiger partial charge on any atom is -0.466 e. The summed E-state index contributed by atoms with van der Waals surface area (Å²) in [6.07, 6.45) is 2.67. The van der Waals surface area contributed by atoms with E-state index in [9.17, 15) is 5.11 Å². The highest BCUT2D eigenvalue weighted by atomic mass is 16.5. The van der Waals surface area contributed by atoms with Gasteiger partial charge in [0, 0.05) is 25.6 Å². The van der Waals surface area contributed by atoms with E-state index in [1.165, 1.54) is 5.56 Å². The molecule has 2 aromatic rings. The number of rotatable bonds is 7. The Kier molecular flexibility index (Phi) is 6.53. The number of aliphatic hydroxyl groups is 1. The van der Waals surface area contributed by atoms with Crippen LogP contribution in [0.25, 0.3) is 0 Å². The summed E-state index contributed by atoms with van der Waals surface area (Å²) in [5, 5.41) is 17.2. The Morgan fingerprint density at radius 2 is 2.04 bits per heavy atom. The lowest BCUT2D eigenvalue weighted by Gasteiger charge is -2.22. The molecule has 1 aromatic heterocycles. The summed E-state index contributed by atoms with van der Waals surface area (Å²) in [5.41, 5.74) is 0.0685. The Hall–Kier alpha value is -2.31. The molecular formula is C21H29N3O3. The van der Waals surface area contributed by atoms with Crippen LogP contribution < -0.4 is 10.6 Å². The van der Waals surface area contributed by atoms with Crippen molar-refractivity contribution >= 4 is 5.96 Å². The molecule has 0 spiro atoms. The van der Waals surface area contributed by atoms with E-state index in [2.05, 4.69) is 27.8 Å². The predicted molar refractivity (Wildman–Crippen MR) is 106 cm³/mol. The third-order valence-corrected chi connectivity index (χ3v) is 4.82. The Labute approximate surface area is 160 Å². The van der Waals surface area contributed by atoms with E-state index >= 15 is 0 Å². The van der Waals surface area contributed by atoms with Crippen LogP contribution in [0.3, 0.4) is 0 Å². The molecule has 0 saturated carbocycles. The predicted octanol–water partition coefficient (Wildman–Crippen LogP) is 2.82. The normalized spacial score (nSPS) is 22.4. The molecule has 146 valence electrons. The van der Waals surface area contributed by atoms with Crippen molar-refractivity contribution in [2.75, 3.05) is 26.2 Å². The molecule has 0 amide bonds. The van der Waals surface area contributed by atoms with Gasteiger partial charge in [0.2, 0.25) is 0 Å². The second kappa shape index (κ2) is 9.06. The SMILES string of the molecule is CCNC(=NCC(C)(O)c1ccco1)NCC1CCOC1c1ccccc1. The zero-order valence-corrected chi connectivity index (χ0v) is 16.0. The van der Waals surface area contributed by atoms with Crippen LogP contribution in [-0.4, -0.2) is 37.3 Å². The van der Waals surface area contributed by atoms with Gasteiger partial charge in [-0.3, -0.25) is 0 Å². The molecule has 1 aliphatic heterocycles. The summed E-state index contributed by atoms with van der Waals surface area (Å²) in [7, 11) is 0. The summed E-state index contributed by atoms with van der Waals surface area (Å²) < 4.78 is 11.3. The van der Waals surface area contributed by atoms with E-state index < -0.39 is 5.60 Å². The zero-order valence-electron chi connectivity index (χ0n) is 16.0. The minimum atomic E-state index is -1.14. The fourth-order valence-electron chi connectivity index (χ4n) is 3.32. The van der Waals surface area contributed by atoms with Crippen molar-refractivity contribution < 1.29 is 14.3 Å². The molecular weight excluding hydrogens is 342 g/mol. The molecule has 6 nitrogen and oxygen atoms in total. The number of benzene rings is 1. The number of guanidine groups is 1. The van der Waals surface area contributed by atoms with E-state index in [0.717, 1.165) is 26.1 Å². The molecule has 1 saturated heterocycles. The maximum Gasteiger partial charge on any atom is 0.191 e. The number of aliphatic imine (C=N–C) groups is 1. The molecule has 0 bridgehead atoms. The van der Waals surface area contributed by atoms with Gasteiger partial charge in [0.25, 0.3) is 0 Å². The van der Waals surface area contributed by atoms with E-state index in [-0.39, 0.29) is 12.6 Å². The standard InChI is InChI=1S/C21H29N3O3/c1-3-22-20(24-15-21(2,25)18-10-7-12-26-18)23-14-17-11-13-27-19(17)16-8-5-4-6-9-16/h4-10,12,17,19,25H,3,11,13-15H2,1-2H3,(H2,22,23,24). The fraction of sp³-hybridized carbons (Fsp3) is 0.476. The van der Waals surface area contributed by atoms with Gasteiger partial charge >= 0.3 is 0 Å². The van der Waals surface area contributed by atoms with Crippen LogP contribution in [0.2, 0.25) is 0 Å². The monoisotopic (exact) mass is 371 g/mol. The van der Waals surface area contributed by atoms with Gasteiger partial charge in [-0.15, -0.1) is 0 Å². The molecule has 6 heteroatoms. The van der Waals surface area contributed by atoms with Crippen molar-refractivity contribution in [3.8, 4) is 0 Å². The van der Waals surface area contributed by atoms with Gasteiger partial charge < -0.3 is 24.9 Å². The number of hydrogen-bond donors (Lipinski definition) is 3. The summed E-state index contributed by atoms with van der Waals surface area (Å²) in [4.78, 5) is 4.54. The lowest BCUT2D eigenvalue weighted by atomic mass is 9.95. The average molecular weight is 371 g/mol. The Bertz CT molecular complexity index is 714. The first-order valence-electron chi connectivity index (χ1n) is 9.55. The van der Waals surface area contributed by atoms with Gasteiger partial charge in [-0.05, 0) is 38.0 Å². The summed E-state index contributed by atoms with van der Waals surface area (Å²) in [5.74, 6) is 1.57. The van der Waals surface area contributed by atoms with Crippen molar-refractivity contribution in [3.05, 3.63) is 60.1 Å². The first kappa shape index (κ1) is 19.5. The molecule has 0 radical (unpaired) electrons. The summed E-state index contributed by atoms with van der Waals surface area (Å²) in [6, 6.07) is 13.9. The molecule has 2 heterocycles. The fourth-order valence-corrected chi connectivity index (χ4v) is 3.32. The number of hydrogen-bond acceptors (Lipinski definition) is 4. The molecule has 3 atom stereocenters.